The average Bonchev–Trinajstić information content (AvgIpc) is 2.35. The highest BCUT2D eigenvalue weighted by Gasteiger charge is 2.20. The molecule has 1 aliphatic heterocycles. The van der Waals surface area contributed by atoms with E-state index in [2.05, 4.69) is 10.2 Å². The van der Waals surface area contributed by atoms with Gasteiger partial charge in [-0.3, -0.25) is 0 Å². The normalized spacial score (nSPS) is 23.8. The molecule has 0 aromatic rings. The number of nitrogens with one attached hydrogen (secondary N) is 1. The number of hydrogen-bond donors (Lipinski definition) is 3. The van der Waals surface area contributed by atoms with Gasteiger partial charge in [0, 0.05) is 26.7 Å². The van der Waals surface area contributed by atoms with E-state index in [1.165, 1.54) is 12.8 Å². The molecule has 1 heterocycles. The van der Waals surface area contributed by atoms with Crippen LogP contribution in [0.3, 0.4) is 0 Å². The summed E-state index contributed by atoms with van der Waals surface area (Å²) in [7, 11) is 1.71. The first-order valence-electron chi connectivity index (χ1n) is 6.47. The fourth-order valence-corrected chi connectivity index (χ4v) is 2.32. The predicted octanol–water partition coefficient (Wildman–Crippen LogP) is -0.712. The van der Waals surface area contributed by atoms with Gasteiger partial charge in [0.1, 0.15) is 0 Å². The molecule has 5 nitrogen and oxygen atoms in total. The molecule has 0 aromatic heterocycles. The average molecular weight is 246 g/mol. The number of methoxy groups -OCH3 is 1. The van der Waals surface area contributed by atoms with E-state index >= 15 is 0 Å². The van der Waals surface area contributed by atoms with Gasteiger partial charge in [0.25, 0.3) is 0 Å². The lowest BCUT2D eigenvalue weighted by molar-refractivity contribution is 0.0443. The molecule has 3 N–H and O–H groups in total. The summed E-state index contributed by atoms with van der Waals surface area (Å²) in [6.45, 7) is 5.14. The molecule has 0 radical (unpaired) electrons. The van der Waals surface area contributed by atoms with Crippen LogP contribution in [0, 0.1) is 5.92 Å². The van der Waals surface area contributed by atoms with Crippen LogP contribution in [0.4, 0.5) is 0 Å². The number of rotatable bonds is 8. The Morgan fingerprint density at radius 2 is 2.35 bits per heavy atom. The molecule has 102 valence electrons. The molecule has 0 amide bonds. The molecule has 1 rings (SSSR count). The maximum Gasteiger partial charge on any atom is 0.0897 e. The third-order valence-electron chi connectivity index (χ3n) is 3.20. The first kappa shape index (κ1) is 14.9. The Labute approximate surface area is 104 Å². The molecule has 0 bridgehead atoms. The summed E-state index contributed by atoms with van der Waals surface area (Å²) in [5.74, 6) is 0.645. The molecule has 2 atom stereocenters. The minimum atomic E-state index is -0.602. The summed E-state index contributed by atoms with van der Waals surface area (Å²) in [6.07, 6.45) is 1.82. The Balaban J connectivity index is 2.14. The molecule has 17 heavy (non-hydrogen) atoms. The van der Waals surface area contributed by atoms with Gasteiger partial charge in [-0.1, -0.05) is 0 Å². The number of piperidine rings is 1. The molecular formula is C12H26N2O3. The van der Waals surface area contributed by atoms with E-state index < -0.39 is 6.10 Å². The first-order valence-corrected chi connectivity index (χ1v) is 6.47. The molecule has 5 heteroatoms. The van der Waals surface area contributed by atoms with Crippen molar-refractivity contribution in [2.24, 2.45) is 5.92 Å². The first-order chi connectivity index (χ1) is 8.26. The molecule has 1 saturated heterocycles. The second-order valence-corrected chi connectivity index (χ2v) is 4.80. The number of ether oxygens (including phenoxy) is 1. The molecule has 0 spiro atoms. The highest BCUT2D eigenvalue weighted by atomic mass is 16.5. The van der Waals surface area contributed by atoms with Crippen molar-refractivity contribution in [2.75, 3.05) is 53.0 Å². The maximum atomic E-state index is 9.42. The zero-order valence-electron chi connectivity index (χ0n) is 10.8. The summed E-state index contributed by atoms with van der Waals surface area (Å²) in [6, 6.07) is 0. The van der Waals surface area contributed by atoms with Crippen LogP contribution >= 0.6 is 0 Å². The van der Waals surface area contributed by atoms with Gasteiger partial charge >= 0.3 is 0 Å². The Bertz CT molecular complexity index is 193. The molecule has 0 aromatic carbocycles. The van der Waals surface area contributed by atoms with Gasteiger partial charge in [0.05, 0.1) is 19.3 Å². The van der Waals surface area contributed by atoms with Gasteiger partial charge in [0.2, 0.25) is 0 Å². The van der Waals surface area contributed by atoms with Crippen LogP contribution in [-0.4, -0.2) is 74.3 Å². The minimum Gasteiger partial charge on any atom is -0.394 e. The standard InChI is InChI=1S/C12H26N2O3/c1-17-6-4-13-7-11-3-2-5-14(8-11)9-12(16)10-15/h11-13,15-16H,2-10H2,1H3. The molecule has 1 fully saturated rings. The Morgan fingerprint density at radius 1 is 1.53 bits per heavy atom. The second-order valence-electron chi connectivity index (χ2n) is 4.80. The number of β-amino-alcohol motifs (C(OH)–C–C–N with tert-alkyl or cyclic N) is 1. The third kappa shape index (κ3) is 6.33. The van der Waals surface area contributed by atoms with E-state index in [0.717, 1.165) is 32.8 Å². The Kier molecular flexibility index (Phi) is 7.72. The van der Waals surface area contributed by atoms with E-state index in [1.54, 1.807) is 7.11 Å². The monoisotopic (exact) mass is 246 g/mol. The summed E-state index contributed by atoms with van der Waals surface area (Å²) >= 11 is 0. The number of aliphatic hydroxyl groups is 2. The summed E-state index contributed by atoms with van der Waals surface area (Å²) < 4.78 is 4.99. The van der Waals surface area contributed by atoms with Crippen LogP contribution in [0.1, 0.15) is 12.8 Å². The molecule has 0 aliphatic carbocycles. The SMILES string of the molecule is COCCNCC1CCCN(CC(O)CO)C1. The second kappa shape index (κ2) is 8.83. The highest BCUT2D eigenvalue weighted by molar-refractivity contribution is 4.76. The van der Waals surface area contributed by atoms with E-state index in [4.69, 9.17) is 9.84 Å². The van der Waals surface area contributed by atoms with Crippen molar-refractivity contribution < 1.29 is 14.9 Å². The van der Waals surface area contributed by atoms with E-state index in [0.29, 0.717) is 12.5 Å². The van der Waals surface area contributed by atoms with Crippen molar-refractivity contribution in [3.8, 4) is 0 Å². The lowest BCUT2D eigenvalue weighted by Gasteiger charge is -2.33. The largest absolute Gasteiger partial charge is 0.394 e. The van der Waals surface area contributed by atoms with Gasteiger partial charge in [-0.2, -0.15) is 0 Å². The number of likely N-dealkylation sites (tertiary alicyclic amines) is 1. The van der Waals surface area contributed by atoms with Gasteiger partial charge in [-0.05, 0) is 31.8 Å². The van der Waals surface area contributed by atoms with Crippen molar-refractivity contribution in [1.29, 1.82) is 0 Å². The lowest BCUT2D eigenvalue weighted by atomic mass is 9.98. The van der Waals surface area contributed by atoms with Crippen molar-refractivity contribution in [1.82, 2.24) is 10.2 Å². The van der Waals surface area contributed by atoms with Crippen LogP contribution in [0.2, 0.25) is 0 Å². The van der Waals surface area contributed by atoms with Crippen LogP contribution in [0.15, 0.2) is 0 Å². The lowest BCUT2D eigenvalue weighted by Crippen LogP contribution is -2.43. The zero-order chi connectivity index (χ0) is 12.5. The van der Waals surface area contributed by atoms with Gasteiger partial charge < -0.3 is 25.2 Å². The fourth-order valence-electron chi connectivity index (χ4n) is 2.32. The number of hydrogen-bond acceptors (Lipinski definition) is 5. The zero-order valence-corrected chi connectivity index (χ0v) is 10.8. The Morgan fingerprint density at radius 3 is 3.06 bits per heavy atom. The van der Waals surface area contributed by atoms with E-state index in [1.807, 2.05) is 0 Å². The van der Waals surface area contributed by atoms with Crippen molar-refractivity contribution in [3.63, 3.8) is 0 Å². The van der Waals surface area contributed by atoms with E-state index in [9.17, 15) is 5.11 Å². The van der Waals surface area contributed by atoms with Gasteiger partial charge in [0.15, 0.2) is 0 Å². The maximum absolute atomic E-state index is 9.42. The van der Waals surface area contributed by atoms with Crippen molar-refractivity contribution >= 4 is 0 Å². The van der Waals surface area contributed by atoms with Crippen molar-refractivity contribution in [2.45, 2.75) is 18.9 Å². The smallest absolute Gasteiger partial charge is 0.0897 e. The number of aliphatic hydroxyl groups excluding tert-OH is 2. The quantitative estimate of drug-likeness (QED) is 0.494. The predicted molar refractivity (Wildman–Crippen MR) is 67.0 cm³/mol. The molecule has 2 unspecified atom stereocenters. The fraction of sp³-hybridized carbons (Fsp3) is 1.00. The Hall–Kier alpha value is -0.200. The highest BCUT2D eigenvalue weighted by Crippen LogP contribution is 2.15. The number of nitrogens with zero attached hydrogens (tertiary/aromatic N) is 1. The summed E-state index contributed by atoms with van der Waals surface area (Å²) in [5, 5.41) is 21.6. The molecular weight excluding hydrogens is 220 g/mol. The molecule has 0 saturated carbocycles. The van der Waals surface area contributed by atoms with Crippen LogP contribution in [0.5, 0.6) is 0 Å². The van der Waals surface area contributed by atoms with Gasteiger partial charge in [-0.15, -0.1) is 0 Å². The summed E-state index contributed by atoms with van der Waals surface area (Å²) in [5.41, 5.74) is 0. The topological polar surface area (TPSA) is 65.0 Å². The van der Waals surface area contributed by atoms with Crippen molar-refractivity contribution in [3.05, 3.63) is 0 Å². The third-order valence-corrected chi connectivity index (χ3v) is 3.20. The van der Waals surface area contributed by atoms with Crippen LogP contribution in [0.25, 0.3) is 0 Å². The van der Waals surface area contributed by atoms with Crippen LogP contribution < -0.4 is 5.32 Å². The van der Waals surface area contributed by atoms with E-state index in [-0.39, 0.29) is 6.61 Å². The summed E-state index contributed by atoms with van der Waals surface area (Å²) in [4.78, 5) is 2.24. The van der Waals surface area contributed by atoms with Gasteiger partial charge in [-0.25, -0.2) is 0 Å². The van der Waals surface area contributed by atoms with Crippen LogP contribution in [-0.2, 0) is 4.74 Å². The molecule has 1 aliphatic rings. The minimum absolute atomic E-state index is 0.146.